The van der Waals surface area contributed by atoms with E-state index in [4.69, 9.17) is 0 Å². The first-order valence-corrected chi connectivity index (χ1v) is 8.65. The molecule has 1 amide bonds. The zero-order valence-corrected chi connectivity index (χ0v) is 12.6. The van der Waals surface area contributed by atoms with Crippen LogP contribution >= 0.6 is 0 Å². The summed E-state index contributed by atoms with van der Waals surface area (Å²) in [4.78, 5) is 13.8. The van der Waals surface area contributed by atoms with Crippen molar-refractivity contribution in [1.29, 1.82) is 0 Å². The summed E-state index contributed by atoms with van der Waals surface area (Å²) in [6, 6.07) is -0.143. The molecule has 0 aromatic carbocycles. The van der Waals surface area contributed by atoms with Gasteiger partial charge in [-0.2, -0.15) is 0 Å². The van der Waals surface area contributed by atoms with Gasteiger partial charge in [-0.3, -0.25) is 4.79 Å². The fraction of sp³-hybridized carbons (Fsp3) is 0.917. The number of hydrogen-bond donors (Lipinski definition) is 2. The van der Waals surface area contributed by atoms with Gasteiger partial charge in [0.25, 0.3) is 0 Å². The van der Waals surface area contributed by atoms with Crippen molar-refractivity contribution in [1.82, 2.24) is 14.9 Å². The molecule has 1 rings (SSSR count). The number of amides is 1. The van der Waals surface area contributed by atoms with Gasteiger partial charge in [0.1, 0.15) is 0 Å². The van der Waals surface area contributed by atoms with Gasteiger partial charge >= 0.3 is 0 Å². The highest BCUT2D eigenvalue weighted by Gasteiger charge is 2.28. The summed E-state index contributed by atoms with van der Waals surface area (Å²) in [5.74, 6) is 0.0129. The SMILES string of the molecule is CCCNC1CCCN(CCS(=O)(=O)NCC)C1=O. The molecule has 1 saturated heterocycles. The molecular weight excluding hydrogens is 266 g/mol. The van der Waals surface area contributed by atoms with Gasteiger partial charge in [0.05, 0.1) is 11.8 Å². The Hall–Kier alpha value is -0.660. The van der Waals surface area contributed by atoms with Crippen LogP contribution in [0.4, 0.5) is 0 Å². The quantitative estimate of drug-likeness (QED) is 0.655. The van der Waals surface area contributed by atoms with Crippen LogP contribution < -0.4 is 10.0 Å². The van der Waals surface area contributed by atoms with Crippen LogP contribution in [-0.2, 0) is 14.8 Å². The third-order valence-corrected chi connectivity index (χ3v) is 4.61. The van der Waals surface area contributed by atoms with E-state index in [9.17, 15) is 13.2 Å². The monoisotopic (exact) mass is 291 g/mol. The molecule has 0 spiro atoms. The number of carbonyl (C=O) groups is 1. The number of piperidine rings is 1. The van der Waals surface area contributed by atoms with Crippen LogP contribution in [-0.4, -0.2) is 57.2 Å². The predicted octanol–water partition coefficient (Wildman–Crippen LogP) is -0.0837. The molecule has 19 heavy (non-hydrogen) atoms. The Bertz CT molecular complexity index is 384. The van der Waals surface area contributed by atoms with E-state index in [-0.39, 0.29) is 24.2 Å². The van der Waals surface area contributed by atoms with Crippen molar-refractivity contribution in [3.05, 3.63) is 0 Å². The van der Waals surface area contributed by atoms with Crippen LogP contribution in [0, 0.1) is 0 Å². The van der Waals surface area contributed by atoms with Crippen molar-refractivity contribution in [2.24, 2.45) is 0 Å². The van der Waals surface area contributed by atoms with Crippen molar-refractivity contribution >= 4 is 15.9 Å². The number of nitrogens with zero attached hydrogens (tertiary/aromatic N) is 1. The molecule has 0 bridgehead atoms. The smallest absolute Gasteiger partial charge is 0.239 e. The molecule has 2 N–H and O–H groups in total. The van der Waals surface area contributed by atoms with Crippen LogP contribution in [0.3, 0.4) is 0 Å². The standard InChI is InChI=1S/C12H25N3O3S/c1-3-7-13-11-6-5-8-15(12(11)16)9-10-19(17,18)14-4-2/h11,13-14H,3-10H2,1-2H3. The lowest BCUT2D eigenvalue weighted by Crippen LogP contribution is -2.52. The molecule has 1 aliphatic heterocycles. The zero-order chi connectivity index (χ0) is 14.3. The predicted molar refractivity (Wildman–Crippen MR) is 75.4 cm³/mol. The second-order valence-corrected chi connectivity index (χ2v) is 6.72. The Morgan fingerprint density at radius 2 is 2.11 bits per heavy atom. The van der Waals surface area contributed by atoms with E-state index in [1.54, 1.807) is 11.8 Å². The summed E-state index contributed by atoms with van der Waals surface area (Å²) >= 11 is 0. The number of carbonyl (C=O) groups excluding carboxylic acids is 1. The van der Waals surface area contributed by atoms with E-state index in [0.717, 1.165) is 25.8 Å². The molecule has 6 nitrogen and oxygen atoms in total. The molecule has 1 aliphatic rings. The van der Waals surface area contributed by atoms with E-state index in [1.807, 2.05) is 0 Å². The zero-order valence-electron chi connectivity index (χ0n) is 11.8. The molecule has 0 aromatic heterocycles. The molecule has 0 saturated carbocycles. The first-order valence-electron chi connectivity index (χ1n) is 6.99. The topological polar surface area (TPSA) is 78.5 Å². The minimum atomic E-state index is -3.25. The number of sulfonamides is 1. The van der Waals surface area contributed by atoms with E-state index < -0.39 is 10.0 Å². The first kappa shape index (κ1) is 16.4. The summed E-state index contributed by atoms with van der Waals surface area (Å²) in [6.45, 7) is 5.94. The lowest BCUT2D eigenvalue weighted by atomic mass is 10.0. The second kappa shape index (κ2) is 7.81. The van der Waals surface area contributed by atoms with Gasteiger partial charge in [0.15, 0.2) is 0 Å². The molecule has 1 atom stereocenters. The van der Waals surface area contributed by atoms with E-state index in [0.29, 0.717) is 13.1 Å². The maximum absolute atomic E-state index is 12.2. The van der Waals surface area contributed by atoms with Gasteiger partial charge in [-0.05, 0) is 25.8 Å². The Labute approximate surface area is 116 Å². The average molecular weight is 291 g/mol. The van der Waals surface area contributed by atoms with Gasteiger partial charge in [-0.25, -0.2) is 13.1 Å². The number of likely N-dealkylation sites (tertiary alicyclic amines) is 1. The number of nitrogens with one attached hydrogen (secondary N) is 2. The first-order chi connectivity index (χ1) is 9.00. The third-order valence-electron chi connectivity index (χ3n) is 3.17. The molecule has 0 aliphatic carbocycles. The summed E-state index contributed by atoms with van der Waals surface area (Å²) in [5, 5.41) is 3.22. The molecule has 112 valence electrons. The van der Waals surface area contributed by atoms with Crippen LogP contribution in [0.2, 0.25) is 0 Å². The number of rotatable bonds is 8. The Balaban J connectivity index is 2.47. The fourth-order valence-corrected chi connectivity index (χ4v) is 3.24. The highest BCUT2D eigenvalue weighted by atomic mass is 32.2. The van der Waals surface area contributed by atoms with Crippen LogP contribution in [0.5, 0.6) is 0 Å². The Morgan fingerprint density at radius 1 is 1.37 bits per heavy atom. The summed E-state index contributed by atoms with van der Waals surface area (Å²) < 4.78 is 25.6. The molecule has 1 unspecified atom stereocenters. The fourth-order valence-electron chi connectivity index (χ4n) is 2.19. The van der Waals surface area contributed by atoms with Gasteiger partial charge in [0.2, 0.25) is 15.9 Å². The molecule has 1 fully saturated rings. The molecule has 0 aromatic rings. The lowest BCUT2D eigenvalue weighted by molar-refractivity contribution is -0.135. The number of hydrogen-bond acceptors (Lipinski definition) is 4. The highest BCUT2D eigenvalue weighted by molar-refractivity contribution is 7.89. The Morgan fingerprint density at radius 3 is 2.74 bits per heavy atom. The maximum Gasteiger partial charge on any atom is 0.239 e. The van der Waals surface area contributed by atoms with Crippen molar-refractivity contribution < 1.29 is 13.2 Å². The molecule has 7 heteroatoms. The van der Waals surface area contributed by atoms with Gasteiger partial charge < -0.3 is 10.2 Å². The van der Waals surface area contributed by atoms with E-state index in [1.165, 1.54) is 0 Å². The lowest BCUT2D eigenvalue weighted by Gasteiger charge is -2.32. The van der Waals surface area contributed by atoms with E-state index >= 15 is 0 Å². The normalized spacial score (nSPS) is 20.8. The Kier molecular flexibility index (Phi) is 6.74. The summed E-state index contributed by atoms with van der Waals surface area (Å²) in [7, 11) is -3.25. The van der Waals surface area contributed by atoms with E-state index in [2.05, 4.69) is 17.0 Å². The molecular formula is C12H25N3O3S. The van der Waals surface area contributed by atoms with Crippen LogP contribution in [0.15, 0.2) is 0 Å². The molecule has 1 heterocycles. The minimum absolute atomic E-state index is 0.0208. The average Bonchev–Trinajstić information content (AvgIpc) is 2.36. The van der Waals surface area contributed by atoms with Crippen molar-refractivity contribution in [3.63, 3.8) is 0 Å². The van der Waals surface area contributed by atoms with Crippen molar-refractivity contribution in [2.75, 3.05) is 31.9 Å². The highest BCUT2D eigenvalue weighted by Crippen LogP contribution is 2.11. The third kappa shape index (κ3) is 5.46. The van der Waals surface area contributed by atoms with Gasteiger partial charge in [-0.15, -0.1) is 0 Å². The second-order valence-electron chi connectivity index (χ2n) is 4.79. The summed E-state index contributed by atoms with van der Waals surface area (Å²) in [6.07, 6.45) is 2.75. The maximum atomic E-state index is 12.2. The van der Waals surface area contributed by atoms with Crippen LogP contribution in [0.25, 0.3) is 0 Å². The van der Waals surface area contributed by atoms with Gasteiger partial charge in [-0.1, -0.05) is 13.8 Å². The van der Waals surface area contributed by atoms with Gasteiger partial charge in [0, 0.05) is 19.6 Å². The van der Waals surface area contributed by atoms with Crippen molar-refractivity contribution in [2.45, 2.75) is 39.2 Å². The largest absolute Gasteiger partial charge is 0.340 e. The van der Waals surface area contributed by atoms with Crippen LogP contribution in [0.1, 0.15) is 33.1 Å². The van der Waals surface area contributed by atoms with Crippen molar-refractivity contribution in [3.8, 4) is 0 Å². The minimum Gasteiger partial charge on any atom is -0.340 e. The molecule has 0 radical (unpaired) electrons. The summed E-state index contributed by atoms with van der Waals surface area (Å²) in [5.41, 5.74) is 0.